The summed E-state index contributed by atoms with van der Waals surface area (Å²) in [6, 6.07) is 6.23. The summed E-state index contributed by atoms with van der Waals surface area (Å²) >= 11 is 0. The molecule has 4 heteroatoms. The molecule has 0 unspecified atom stereocenters. The van der Waals surface area contributed by atoms with E-state index in [4.69, 9.17) is 10.8 Å². The highest BCUT2D eigenvalue weighted by atomic mass is 16.2. The van der Waals surface area contributed by atoms with Gasteiger partial charge >= 0.3 is 0 Å². The fourth-order valence-corrected chi connectivity index (χ4v) is 2.01. The van der Waals surface area contributed by atoms with Crippen LogP contribution in [0.4, 0.5) is 5.69 Å². The standard InChI is InChI=1S/C15H25N3O/c1-12-9-13(2)11-14(10-12)18-15(16)17-7-5-3-4-6-8-19/h9-11,19H,3-8H2,1-2H3,(H3,16,17,18). The van der Waals surface area contributed by atoms with Crippen LogP contribution >= 0.6 is 0 Å². The number of aliphatic hydroxyl groups is 1. The number of nitrogens with one attached hydrogen (secondary N) is 1. The van der Waals surface area contributed by atoms with E-state index in [1.165, 1.54) is 11.1 Å². The van der Waals surface area contributed by atoms with E-state index in [9.17, 15) is 0 Å². The van der Waals surface area contributed by atoms with E-state index >= 15 is 0 Å². The van der Waals surface area contributed by atoms with Crippen LogP contribution in [0.25, 0.3) is 0 Å². The van der Waals surface area contributed by atoms with E-state index in [0.717, 1.165) is 37.9 Å². The van der Waals surface area contributed by atoms with Crippen molar-refractivity contribution in [1.29, 1.82) is 0 Å². The van der Waals surface area contributed by atoms with Gasteiger partial charge in [0.05, 0.1) is 0 Å². The maximum atomic E-state index is 8.66. The van der Waals surface area contributed by atoms with Gasteiger partial charge in [0, 0.05) is 18.8 Å². The molecule has 0 bridgehead atoms. The number of hydrogen-bond donors (Lipinski definition) is 3. The van der Waals surface area contributed by atoms with Crippen molar-refractivity contribution in [2.75, 3.05) is 18.5 Å². The molecule has 4 nitrogen and oxygen atoms in total. The molecule has 106 valence electrons. The quantitative estimate of drug-likeness (QED) is 0.402. The van der Waals surface area contributed by atoms with Gasteiger partial charge in [-0.2, -0.15) is 0 Å². The van der Waals surface area contributed by atoms with E-state index in [-0.39, 0.29) is 6.61 Å². The van der Waals surface area contributed by atoms with Crippen molar-refractivity contribution in [1.82, 2.24) is 0 Å². The van der Waals surface area contributed by atoms with Gasteiger partial charge in [-0.1, -0.05) is 18.9 Å². The third-order valence-corrected chi connectivity index (χ3v) is 2.84. The van der Waals surface area contributed by atoms with Crippen LogP contribution in [0.15, 0.2) is 23.2 Å². The fraction of sp³-hybridized carbons (Fsp3) is 0.533. The summed E-state index contributed by atoms with van der Waals surface area (Å²) in [5, 5.41) is 11.8. The van der Waals surface area contributed by atoms with Crippen LogP contribution in [0.1, 0.15) is 36.8 Å². The fourth-order valence-electron chi connectivity index (χ4n) is 2.01. The lowest BCUT2D eigenvalue weighted by Crippen LogP contribution is -2.23. The third kappa shape index (κ3) is 6.82. The zero-order valence-corrected chi connectivity index (χ0v) is 11.9. The smallest absolute Gasteiger partial charge is 0.193 e. The number of aryl methyl sites for hydroxylation is 2. The van der Waals surface area contributed by atoms with Gasteiger partial charge < -0.3 is 16.2 Å². The molecule has 0 aliphatic rings. The predicted octanol–water partition coefficient (Wildman–Crippen LogP) is 2.58. The summed E-state index contributed by atoms with van der Waals surface area (Å²) in [5.74, 6) is 0.465. The summed E-state index contributed by atoms with van der Waals surface area (Å²) in [6.07, 6.45) is 4.02. The van der Waals surface area contributed by atoms with E-state index < -0.39 is 0 Å². The molecule has 0 saturated carbocycles. The average molecular weight is 263 g/mol. The number of aliphatic imine (C=N–C) groups is 1. The first kappa shape index (κ1) is 15.5. The summed E-state index contributed by atoms with van der Waals surface area (Å²) in [4.78, 5) is 4.30. The number of nitrogens with zero attached hydrogens (tertiary/aromatic N) is 1. The molecular weight excluding hydrogens is 238 g/mol. The summed E-state index contributed by atoms with van der Waals surface area (Å²) < 4.78 is 0. The Kier molecular flexibility index (Phi) is 6.97. The Morgan fingerprint density at radius 2 is 1.74 bits per heavy atom. The molecule has 0 aliphatic carbocycles. The van der Waals surface area contributed by atoms with Gasteiger partial charge in [0.25, 0.3) is 0 Å². The second-order valence-corrected chi connectivity index (χ2v) is 4.91. The first-order valence-corrected chi connectivity index (χ1v) is 6.88. The van der Waals surface area contributed by atoms with E-state index in [2.05, 4.69) is 42.4 Å². The molecule has 0 amide bonds. The molecular formula is C15H25N3O. The lowest BCUT2D eigenvalue weighted by Gasteiger charge is -2.08. The van der Waals surface area contributed by atoms with Crippen LogP contribution in [0, 0.1) is 13.8 Å². The van der Waals surface area contributed by atoms with Crippen LogP contribution in [0.2, 0.25) is 0 Å². The number of benzene rings is 1. The highest BCUT2D eigenvalue weighted by Gasteiger charge is 1.97. The van der Waals surface area contributed by atoms with Crippen molar-refractivity contribution < 1.29 is 5.11 Å². The molecule has 4 N–H and O–H groups in total. The number of hydrogen-bond acceptors (Lipinski definition) is 2. The lowest BCUT2D eigenvalue weighted by molar-refractivity contribution is 0.282. The Balaban J connectivity index is 2.34. The molecule has 0 spiro atoms. The van der Waals surface area contributed by atoms with Crippen molar-refractivity contribution in [3.63, 3.8) is 0 Å². The van der Waals surface area contributed by atoms with E-state index in [1.54, 1.807) is 0 Å². The minimum atomic E-state index is 0.277. The minimum absolute atomic E-state index is 0.277. The summed E-state index contributed by atoms with van der Waals surface area (Å²) in [5.41, 5.74) is 9.25. The van der Waals surface area contributed by atoms with Crippen molar-refractivity contribution in [3.8, 4) is 0 Å². The van der Waals surface area contributed by atoms with E-state index in [1.807, 2.05) is 0 Å². The Hall–Kier alpha value is -1.55. The maximum absolute atomic E-state index is 8.66. The van der Waals surface area contributed by atoms with Gasteiger partial charge in [0.1, 0.15) is 0 Å². The number of rotatable bonds is 7. The van der Waals surface area contributed by atoms with Crippen molar-refractivity contribution >= 4 is 11.6 Å². The zero-order valence-electron chi connectivity index (χ0n) is 11.9. The normalized spacial score (nSPS) is 11.6. The molecule has 1 rings (SSSR count). The molecule has 19 heavy (non-hydrogen) atoms. The highest BCUT2D eigenvalue weighted by molar-refractivity contribution is 5.92. The van der Waals surface area contributed by atoms with Crippen molar-refractivity contribution in [3.05, 3.63) is 29.3 Å². The molecule has 1 aromatic rings. The number of guanidine groups is 1. The number of unbranched alkanes of at least 4 members (excludes halogenated alkanes) is 3. The van der Waals surface area contributed by atoms with Gasteiger partial charge in [-0.25, -0.2) is 0 Å². The van der Waals surface area contributed by atoms with Gasteiger partial charge in [0.2, 0.25) is 0 Å². The van der Waals surface area contributed by atoms with Gasteiger partial charge in [-0.05, 0) is 49.9 Å². The molecule has 0 fully saturated rings. The summed E-state index contributed by atoms with van der Waals surface area (Å²) in [7, 11) is 0. The monoisotopic (exact) mass is 263 g/mol. The van der Waals surface area contributed by atoms with Gasteiger partial charge in [-0.15, -0.1) is 0 Å². The van der Waals surface area contributed by atoms with Crippen molar-refractivity contribution in [2.45, 2.75) is 39.5 Å². The van der Waals surface area contributed by atoms with Crippen LogP contribution in [0.3, 0.4) is 0 Å². The van der Waals surface area contributed by atoms with Crippen LogP contribution in [0.5, 0.6) is 0 Å². The molecule has 0 aromatic heterocycles. The molecule has 0 heterocycles. The predicted molar refractivity (Wildman–Crippen MR) is 81.6 cm³/mol. The number of anilines is 1. The number of aliphatic hydroxyl groups excluding tert-OH is 1. The SMILES string of the molecule is Cc1cc(C)cc(NC(N)=NCCCCCCO)c1. The number of nitrogens with two attached hydrogens (primary N) is 1. The lowest BCUT2D eigenvalue weighted by atomic mass is 10.1. The van der Waals surface area contributed by atoms with Crippen LogP contribution in [-0.2, 0) is 0 Å². The largest absolute Gasteiger partial charge is 0.396 e. The maximum Gasteiger partial charge on any atom is 0.193 e. The van der Waals surface area contributed by atoms with Gasteiger partial charge in [-0.3, -0.25) is 4.99 Å². The minimum Gasteiger partial charge on any atom is -0.396 e. The van der Waals surface area contributed by atoms with Crippen LogP contribution < -0.4 is 11.1 Å². The topological polar surface area (TPSA) is 70.6 Å². The van der Waals surface area contributed by atoms with Gasteiger partial charge in [0.15, 0.2) is 5.96 Å². The molecule has 0 atom stereocenters. The third-order valence-electron chi connectivity index (χ3n) is 2.84. The zero-order chi connectivity index (χ0) is 14.1. The Labute approximate surface area is 115 Å². The highest BCUT2D eigenvalue weighted by Crippen LogP contribution is 2.13. The Bertz CT molecular complexity index is 396. The summed E-state index contributed by atoms with van der Waals surface area (Å²) in [6.45, 7) is 5.13. The second kappa shape index (κ2) is 8.53. The van der Waals surface area contributed by atoms with Crippen LogP contribution in [-0.4, -0.2) is 24.2 Å². The Morgan fingerprint density at radius 3 is 2.37 bits per heavy atom. The molecule has 0 radical (unpaired) electrons. The van der Waals surface area contributed by atoms with E-state index in [0.29, 0.717) is 5.96 Å². The molecule has 0 saturated heterocycles. The average Bonchev–Trinajstić information content (AvgIpc) is 2.32. The first-order chi connectivity index (χ1) is 9.11. The first-order valence-electron chi connectivity index (χ1n) is 6.88. The molecule has 0 aliphatic heterocycles. The second-order valence-electron chi connectivity index (χ2n) is 4.91. The van der Waals surface area contributed by atoms with Crippen molar-refractivity contribution in [2.24, 2.45) is 10.7 Å². The molecule has 1 aromatic carbocycles. The Morgan fingerprint density at radius 1 is 1.11 bits per heavy atom.